The van der Waals surface area contributed by atoms with Crippen LogP contribution in [0.2, 0.25) is 0 Å². The zero-order chi connectivity index (χ0) is 37.4. The van der Waals surface area contributed by atoms with Crippen molar-refractivity contribution in [2.75, 3.05) is 18.4 Å². The molecule has 0 radical (unpaired) electrons. The Labute approximate surface area is 324 Å². The normalized spacial score (nSPS) is 13.3. The summed E-state index contributed by atoms with van der Waals surface area (Å²) < 4.78 is 0. The summed E-state index contributed by atoms with van der Waals surface area (Å²) in [5.74, 6) is 0. The zero-order valence-electron chi connectivity index (χ0n) is 30.7. The molecule has 3 aliphatic heterocycles. The molecule has 270 valence electrons. The van der Waals surface area contributed by atoms with E-state index in [4.69, 9.17) is 9.97 Å². The smallest absolute Gasteiger partial charge is 0.321 e. The number of H-pyrrole nitrogens is 2. The second kappa shape index (κ2) is 14.2. The molecule has 7 aromatic rings. The Morgan fingerprint density at radius 1 is 0.464 bits per heavy atom. The van der Waals surface area contributed by atoms with Crippen molar-refractivity contribution < 1.29 is 4.79 Å². The largest absolute Gasteiger partial charge is 0.354 e. The molecule has 3 aromatic heterocycles. The standard InChI is InChI=1S/C49H38N6O/c56-49(55-30-12-13-31-55)54-36-21-11-10-20-35(36)48-43-28-26-41(52-43)46(33-16-6-2-7-17-33)39-24-22-37(50-39)45(32-14-4-1-5-15-32)38-23-25-40(51-38)47(34-18-8-3-9-19-34)42-27-29-44(48)53-42/h1-11,14-29,50,53H,12-13,30-31H2,(H,54,56). The Hall–Kier alpha value is -7.25. The van der Waals surface area contributed by atoms with Gasteiger partial charge in [0.25, 0.3) is 0 Å². The van der Waals surface area contributed by atoms with Gasteiger partial charge >= 0.3 is 6.03 Å². The van der Waals surface area contributed by atoms with Gasteiger partial charge in [-0.25, -0.2) is 14.8 Å². The van der Waals surface area contributed by atoms with Crippen LogP contribution in [-0.4, -0.2) is 44.0 Å². The van der Waals surface area contributed by atoms with Gasteiger partial charge in [-0.2, -0.15) is 0 Å². The number of hydrogen-bond acceptors (Lipinski definition) is 3. The zero-order valence-corrected chi connectivity index (χ0v) is 30.7. The molecular formula is C49H38N6O. The third-order valence-corrected chi connectivity index (χ3v) is 10.8. The number of nitrogens with zero attached hydrogens (tertiary/aromatic N) is 3. The van der Waals surface area contributed by atoms with Crippen LogP contribution in [0.25, 0.3) is 90.9 Å². The Morgan fingerprint density at radius 2 is 0.839 bits per heavy atom. The van der Waals surface area contributed by atoms with Crippen LogP contribution in [0.15, 0.2) is 140 Å². The van der Waals surface area contributed by atoms with Crippen LogP contribution in [0.3, 0.4) is 0 Å². The number of amides is 2. The number of aromatic nitrogens is 4. The molecule has 0 unspecified atom stereocenters. The van der Waals surface area contributed by atoms with Gasteiger partial charge in [-0.1, -0.05) is 109 Å². The lowest BCUT2D eigenvalue weighted by atomic mass is 10.0. The Bertz CT molecular complexity index is 2810. The summed E-state index contributed by atoms with van der Waals surface area (Å²) >= 11 is 0. The molecule has 0 atom stereocenters. The fourth-order valence-electron chi connectivity index (χ4n) is 8.14. The van der Waals surface area contributed by atoms with E-state index in [0.717, 1.165) is 121 Å². The Kier molecular flexibility index (Phi) is 8.45. The lowest BCUT2D eigenvalue weighted by molar-refractivity contribution is 0.222. The van der Waals surface area contributed by atoms with E-state index in [9.17, 15) is 4.79 Å². The van der Waals surface area contributed by atoms with E-state index < -0.39 is 0 Å². The number of fused-ring (bicyclic) bond motifs is 8. The maximum atomic E-state index is 13.5. The molecule has 7 heteroatoms. The number of benzene rings is 4. The maximum Gasteiger partial charge on any atom is 0.321 e. The predicted molar refractivity (Wildman–Crippen MR) is 230 cm³/mol. The fraction of sp³-hybridized carbons (Fsp3) is 0.0816. The number of anilines is 1. The summed E-state index contributed by atoms with van der Waals surface area (Å²) in [6, 6.07) is 47.7. The maximum absolute atomic E-state index is 13.5. The van der Waals surface area contributed by atoms with Crippen LogP contribution in [0.4, 0.5) is 10.5 Å². The highest BCUT2D eigenvalue weighted by Gasteiger charge is 2.22. The van der Waals surface area contributed by atoms with Gasteiger partial charge in [-0.05, 0) is 84.2 Å². The number of hydrogen-bond donors (Lipinski definition) is 3. The lowest BCUT2D eigenvalue weighted by Crippen LogP contribution is -2.32. The molecular weight excluding hydrogens is 689 g/mol. The Balaban J connectivity index is 1.33. The quantitative estimate of drug-likeness (QED) is 0.165. The van der Waals surface area contributed by atoms with Crippen LogP contribution in [0.1, 0.15) is 35.6 Å². The number of carbonyl (C=O) groups is 1. The van der Waals surface area contributed by atoms with Crippen LogP contribution in [0.5, 0.6) is 0 Å². The Morgan fingerprint density at radius 3 is 1.29 bits per heavy atom. The first-order valence-electron chi connectivity index (χ1n) is 19.2. The van der Waals surface area contributed by atoms with Gasteiger partial charge in [-0.15, -0.1) is 0 Å². The summed E-state index contributed by atoms with van der Waals surface area (Å²) in [6.07, 6.45) is 10.5. The van der Waals surface area contributed by atoms with Crippen LogP contribution in [-0.2, 0) is 0 Å². The van der Waals surface area contributed by atoms with E-state index in [1.165, 1.54) is 0 Å². The van der Waals surface area contributed by atoms with Gasteiger partial charge in [0.2, 0.25) is 0 Å². The minimum Gasteiger partial charge on any atom is -0.354 e. The first-order chi connectivity index (χ1) is 27.7. The minimum atomic E-state index is -0.0845. The van der Waals surface area contributed by atoms with E-state index in [-0.39, 0.29) is 6.03 Å². The molecule has 1 fully saturated rings. The van der Waals surface area contributed by atoms with Gasteiger partial charge in [0.15, 0.2) is 0 Å². The SMILES string of the molecule is O=C(Nc1ccccc1-c1c2nc(c(-c3ccccc3)c3ccc([nH]3)c(-c3ccccc3)c3nc(c(-c4ccccc4)c4ccc1[nH]4)C=C3)C=C2)N1CCCC1. The number of carbonyl (C=O) groups excluding carboxylic acids is 1. The monoisotopic (exact) mass is 726 g/mol. The molecule has 7 nitrogen and oxygen atoms in total. The van der Waals surface area contributed by atoms with Gasteiger partial charge in [-0.3, -0.25) is 0 Å². The van der Waals surface area contributed by atoms with Crippen molar-refractivity contribution in [2.45, 2.75) is 12.8 Å². The third-order valence-electron chi connectivity index (χ3n) is 10.8. The van der Waals surface area contributed by atoms with E-state index in [1.54, 1.807) is 0 Å². The van der Waals surface area contributed by atoms with Gasteiger partial charge in [0, 0.05) is 63.0 Å². The highest BCUT2D eigenvalue weighted by molar-refractivity contribution is 6.03. The summed E-state index contributed by atoms with van der Waals surface area (Å²) in [5, 5.41) is 3.25. The van der Waals surface area contributed by atoms with Crippen LogP contribution in [0, 0.1) is 0 Å². The number of aromatic amines is 2. The molecule has 6 heterocycles. The molecule has 0 saturated carbocycles. The predicted octanol–water partition coefficient (Wildman–Crippen LogP) is 12.0. The number of para-hydroxylation sites is 1. The highest BCUT2D eigenvalue weighted by Crippen LogP contribution is 2.40. The van der Waals surface area contributed by atoms with Crippen molar-refractivity contribution in [1.82, 2.24) is 24.8 Å². The van der Waals surface area contributed by atoms with Gasteiger partial charge in [0.05, 0.1) is 28.5 Å². The van der Waals surface area contributed by atoms with Crippen molar-refractivity contribution in [3.63, 3.8) is 0 Å². The number of likely N-dealkylation sites (tertiary alicyclic amines) is 1. The molecule has 10 rings (SSSR count). The number of urea groups is 1. The van der Waals surface area contributed by atoms with Crippen molar-refractivity contribution in [2.24, 2.45) is 0 Å². The van der Waals surface area contributed by atoms with Crippen molar-refractivity contribution in [1.29, 1.82) is 0 Å². The molecule has 8 bridgehead atoms. The van der Waals surface area contributed by atoms with Crippen LogP contribution >= 0.6 is 0 Å². The number of nitrogens with one attached hydrogen (secondary N) is 3. The first kappa shape index (κ1) is 33.3. The molecule has 0 aliphatic carbocycles. The topological polar surface area (TPSA) is 89.7 Å². The van der Waals surface area contributed by atoms with Gasteiger partial charge in [0.1, 0.15) is 0 Å². The average Bonchev–Trinajstić information content (AvgIpc) is 4.10. The first-order valence-corrected chi connectivity index (χ1v) is 19.2. The molecule has 1 saturated heterocycles. The minimum absolute atomic E-state index is 0.0845. The van der Waals surface area contributed by atoms with E-state index in [0.29, 0.717) is 0 Å². The van der Waals surface area contributed by atoms with Crippen molar-refractivity contribution >= 4 is 58.1 Å². The molecule has 2 amide bonds. The summed E-state index contributed by atoms with van der Waals surface area (Å²) in [4.78, 5) is 33.9. The van der Waals surface area contributed by atoms with Crippen molar-refractivity contribution in [3.05, 3.63) is 162 Å². The van der Waals surface area contributed by atoms with E-state index >= 15 is 0 Å². The van der Waals surface area contributed by atoms with Crippen LogP contribution < -0.4 is 5.32 Å². The number of rotatable bonds is 5. The summed E-state index contributed by atoms with van der Waals surface area (Å²) in [7, 11) is 0. The molecule has 0 spiro atoms. The highest BCUT2D eigenvalue weighted by atomic mass is 16.2. The molecule has 4 aromatic carbocycles. The van der Waals surface area contributed by atoms with E-state index in [1.807, 2.05) is 41.3 Å². The van der Waals surface area contributed by atoms with Crippen molar-refractivity contribution in [3.8, 4) is 44.5 Å². The molecule has 3 aliphatic rings. The second-order valence-corrected chi connectivity index (χ2v) is 14.3. The third kappa shape index (κ3) is 6.09. The van der Waals surface area contributed by atoms with Gasteiger partial charge < -0.3 is 20.2 Å². The summed E-state index contributed by atoms with van der Waals surface area (Å²) in [6.45, 7) is 1.52. The average molecular weight is 727 g/mol. The fourth-order valence-corrected chi connectivity index (χ4v) is 8.14. The van der Waals surface area contributed by atoms with E-state index in [2.05, 4.69) is 143 Å². The molecule has 3 N–H and O–H groups in total. The second-order valence-electron chi connectivity index (χ2n) is 14.3. The lowest BCUT2D eigenvalue weighted by Gasteiger charge is -2.18. The molecule has 56 heavy (non-hydrogen) atoms. The summed E-state index contributed by atoms with van der Waals surface area (Å²) in [5.41, 5.74) is 15.7.